The van der Waals surface area contributed by atoms with Gasteiger partial charge in [0.05, 0.1) is 5.56 Å². The third-order valence-corrected chi connectivity index (χ3v) is 6.55. The summed E-state index contributed by atoms with van der Waals surface area (Å²) in [7, 11) is 0. The molecule has 158 valence electrons. The van der Waals surface area contributed by atoms with Gasteiger partial charge in [0.25, 0.3) is 5.91 Å². The number of piperidine rings is 1. The lowest BCUT2D eigenvalue weighted by Crippen LogP contribution is -2.45. The van der Waals surface area contributed by atoms with E-state index < -0.39 is 17.3 Å². The Labute approximate surface area is 168 Å². The maximum absolute atomic E-state index is 12.8. The molecule has 29 heavy (non-hydrogen) atoms. The number of halogens is 3. The largest absolute Gasteiger partial charge is 0.416 e. The second-order valence-electron chi connectivity index (χ2n) is 8.34. The van der Waals surface area contributed by atoms with Gasteiger partial charge in [0.2, 0.25) is 0 Å². The molecule has 1 aromatic rings. The summed E-state index contributed by atoms with van der Waals surface area (Å²) in [6.07, 6.45) is 1.82. The second-order valence-corrected chi connectivity index (χ2v) is 8.34. The number of benzene rings is 1. The van der Waals surface area contributed by atoms with Gasteiger partial charge < -0.3 is 5.32 Å². The molecule has 1 atom stereocenters. The first-order valence-electron chi connectivity index (χ1n) is 10.4. The van der Waals surface area contributed by atoms with E-state index in [1.54, 1.807) is 12.1 Å². The molecule has 3 aliphatic rings. The maximum atomic E-state index is 12.8. The second kappa shape index (κ2) is 7.63. The van der Waals surface area contributed by atoms with Crippen LogP contribution in [0.2, 0.25) is 0 Å². The molecule has 1 N–H and O–H groups in total. The van der Waals surface area contributed by atoms with Crippen LogP contribution in [0.5, 0.6) is 0 Å². The first-order chi connectivity index (χ1) is 13.8. The van der Waals surface area contributed by atoms with E-state index in [0.29, 0.717) is 25.9 Å². The summed E-state index contributed by atoms with van der Waals surface area (Å²) in [6.45, 7) is 1.64. The molecule has 4 rings (SSSR count). The third kappa shape index (κ3) is 3.86. The summed E-state index contributed by atoms with van der Waals surface area (Å²) in [4.78, 5) is 28.7. The standard InChI is InChI=1S/C21H26F3N3O2/c22-21(23,24)16-8-6-15(7-9-16)17-5-1-4-12-26(17)13-14-27-18(28)20(25-19(27)29)10-2-3-11-20/h6-9,17H,1-5,10-14H2,(H,25,29). The number of amides is 3. The number of hydrogen-bond acceptors (Lipinski definition) is 3. The van der Waals surface area contributed by atoms with Crippen molar-refractivity contribution in [1.82, 2.24) is 15.1 Å². The van der Waals surface area contributed by atoms with Gasteiger partial charge in [-0.3, -0.25) is 14.6 Å². The van der Waals surface area contributed by atoms with Gasteiger partial charge in [-0.25, -0.2) is 4.79 Å². The van der Waals surface area contributed by atoms with E-state index in [4.69, 9.17) is 0 Å². The van der Waals surface area contributed by atoms with E-state index in [-0.39, 0.29) is 18.0 Å². The molecule has 0 aromatic heterocycles. The highest BCUT2D eigenvalue weighted by molar-refractivity contribution is 6.07. The smallest absolute Gasteiger partial charge is 0.323 e. The third-order valence-electron chi connectivity index (χ3n) is 6.55. The topological polar surface area (TPSA) is 52.7 Å². The minimum absolute atomic E-state index is 0.00670. The molecule has 3 fully saturated rings. The molecule has 8 heteroatoms. The summed E-state index contributed by atoms with van der Waals surface area (Å²) in [5.74, 6) is -0.122. The van der Waals surface area contributed by atoms with Crippen LogP contribution in [0.3, 0.4) is 0 Å². The van der Waals surface area contributed by atoms with E-state index in [0.717, 1.165) is 56.3 Å². The van der Waals surface area contributed by atoms with Gasteiger partial charge in [0.1, 0.15) is 5.54 Å². The number of hydrogen-bond donors (Lipinski definition) is 1. The normalized spacial score (nSPS) is 25.1. The van der Waals surface area contributed by atoms with Crippen molar-refractivity contribution in [2.45, 2.75) is 62.7 Å². The molecule has 0 bridgehead atoms. The van der Waals surface area contributed by atoms with Gasteiger partial charge in [-0.05, 0) is 49.9 Å². The highest BCUT2D eigenvalue weighted by atomic mass is 19.4. The Morgan fingerprint density at radius 2 is 1.69 bits per heavy atom. The van der Waals surface area contributed by atoms with Gasteiger partial charge in [-0.15, -0.1) is 0 Å². The zero-order chi connectivity index (χ0) is 20.6. The van der Waals surface area contributed by atoms with Gasteiger partial charge in [-0.2, -0.15) is 13.2 Å². The Hall–Kier alpha value is -2.09. The Bertz CT molecular complexity index is 772. The molecule has 2 aliphatic heterocycles. The van der Waals surface area contributed by atoms with E-state index in [2.05, 4.69) is 10.2 Å². The molecule has 3 amide bonds. The maximum Gasteiger partial charge on any atom is 0.416 e. The molecule has 1 aliphatic carbocycles. The minimum atomic E-state index is -4.34. The predicted octanol–water partition coefficient (Wildman–Crippen LogP) is 4.10. The lowest BCUT2D eigenvalue weighted by Gasteiger charge is -2.36. The van der Waals surface area contributed by atoms with Crippen LogP contribution in [-0.2, 0) is 11.0 Å². The van der Waals surface area contributed by atoms with Crippen molar-refractivity contribution >= 4 is 11.9 Å². The lowest BCUT2D eigenvalue weighted by molar-refractivity contribution is -0.137. The van der Waals surface area contributed by atoms with E-state index >= 15 is 0 Å². The summed E-state index contributed by atoms with van der Waals surface area (Å²) < 4.78 is 38.5. The quantitative estimate of drug-likeness (QED) is 0.762. The number of carbonyl (C=O) groups excluding carboxylic acids is 2. The van der Waals surface area contributed by atoms with Crippen LogP contribution in [0, 0.1) is 0 Å². The van der Waals surface area contributed by atoms with Crippen molar-refractivity contribution in [3.05, 3.63) is 35.4 Å². The number of nitrogens with zero attached hydrogens (tertiary/aromatic N) is 2. The van der Waals surface area contributed by atoms with Gasteiger partial charge >= 0.3 is 12.2 Å². The average molecular weight is 409 g/mol. The van der Waals surface area contributed by atoms with Crippen LogP contribution in [0.1, 0.15) is 62.1 Å². The fourth-order valence-electron chi connectivity index (χ4n) is 4.96. The van der Waals surface area contributed by atoms with Crippen molar-refractivity contribution < 1.29 is 22.8 Å². The monoisotopic (exact) mass is 409 g/mol. The molecule has 0 radical (unpaired) electrons. The Kier molecular flexibility index (Phi) is 5.31. The molecule has 5 nitrogen and oxygen atoms in total. The Morgan fingerprint density at radius 1 is 1.00 bits per heavy atom. The Morgan fingerprint density at radius 3 is 2.34 bits per heavy atom. The van der Waals surface area contributed by atoms with Crippen molar-refractivity contribution in [2.75, 3.05) is 19.6 Å². The van der Waals surface area contributed by atoms with Crippen LogP contribution in [0.4, 0.5) is 18.0 Å². The number of imide groups is 1. The van der Waals surface area contributed by atoms with E-state index in [9.17, 15) is 22.8 Å². The number of alkyl halides is 3. The zero-order valence-electron chi connectivity index (χ0n) is 16.3. The first kappa shape index (κ1) is 20.2. The van der Waals surface area contributed by atoms with Crippen LogP contribution < -0.4 is 5.32 Å². The molecule has 1 aromatic carbocycles. The summed E-state index contributed by atoms with van der Waals surface area (Å²) in [5, 5.41) is 2.89. The van der Waals surface area contributed by atoms with Crippen molar-refractivity contribution in [3.8, 4) is 0 Å². The molecule has 1 saturated carbocycles. The fourth-order valence-corrected chi connectivity index (χ4v) is 4.96. The molecular weight excluding hydrogens is 383 g/mol. The lowest BCUT2D eigenvalue weighted by atomic mass is 9.94. The van der Waals surface area contributed by atoms with Gasteiger partial charge in [0, 0.05) is 19.1 Å². The molecule has 2 heterocycles. The SMILES string of the molecule is O=C1NC2(CCCC2)C(=O)N1CCN1CCCCC1c1ccc(C(F)(F)F)cc1. The number of likely N-dealkylation sites (tertiary alicyclic amines) is 1. The zero-order valence-corrected chi connectivity index (χ0v) is 16.3. The number of carbonyl (C=O) groups is 2. The predicted molar refractivity (Wildman–Crippen MR) is 101 cm³/mol. The van der Waals surface area contributed by atoms with Crippen LogP contribution in [0.25, 0.3) is 0 Å². The number of rotatable bonds is 4. The summed E-state index contributed by atoms with van der Waals surface area (Å²) in [6, 6.07) is 5.04. The summed E-state index contributed by atoms with van der Waals surface area (Å²) in [5.41, 5.74) is -0.502. The van der Waals surface area contributed by atoms with Crippen LogP contribution in [0.15, 0.2) is 24.3 Å². The summed E-state index contributed by atoms with van der Waals surface area (Å²) >= 11 is 0. The van der Waals surface area contributed by atoms with Crippen molar-refractivity contribution in [2.24, 2.45) is 0 Å². The minimum Gasteiger partial charge on any atom is -0.323 e. The van der Waals surface area contributed by atoms with Gasteiger partial charge in [0.15, 0.2) is 0 Å². The van der Waals surface area contributed by atoms with Crippen LogP contribution in [-0.4, -0.2) is 46.9 Å². The molecular formula is C21H26F3N3O2. The Balaban J connectivity index is 1.43. The van der Waals surface area contributed by atoms with Crippen molar-refractivity contribution in [1.29, 1.82) is 0 Å². The number of nitrogens with one attached hydrogen (secondary N) is 1. The molecule has 2 saturated heterocycles. The average Bonchev–Trinajstić information content (AvgIpc) is 3.25. The highest BCUT2D eigenvalue weighted by Gasteiger charge is 2.52. The van der Waals surface area contributed by atoms with Crippen LogP contribution >= 0.6 is 0 Å². The van der Waals surface area contributed by atoms with E-state index in [1.165, 1.54) is 4.90 Å². The fraction of sp³-hybridized carbons (Fsp3) is 0.619. The van der Waals surface area contributed by atoms with Gasteiger partial charge in [-0.1, -0.05) is 31.4 Å². The molecule has 1 unspecified atom stereocenters. The highest BCUT2D eigenvalue weighted by Crippen LogP contribution is 2.36. The first-order valence-corrected chi connectivity index (χ1v) is 10.4. The number of urea groups is 1. The molecule has 1 spiro atoms. The van der Waals surface area contributed by atoms with Crippen molar-refractivity contribution in [3.63, 3.8) is 0 Å². The van der Waals surface area contributed by atoms with E-state index in [1.807, 2.05) is 0 Å².